The number of aryl methyl sites for hydroxylation is 1. The maximum atomic E-state index is 5.66. The molecule has 0 saturated carbocycles. The molecule has 1 aromatic carbocycles. The molecule has 0 aliphatic carbocycles. The van der Waals surface area contributed by atoms with Crippen LogP contribution in [0, 0.1) is 0 Å². The van der Waals surface area contributed by atoms with Gasteiger partial charge in [-0.05, 0) is 24.1 Å². The SMILES string of the molecule is CCc1ccc(-c2csc3cnc(CCN)n23)cc1. The number of hydrogen-bond donors (Lipinski definition) is 1. The molecule has 3 rings (SSSR count). The lowest BCUT2D eigenvalue weighted by atomic mass is 10.1. The molecule has 0 aliphatic heterocycles. The van der Waals surface area contributed by atoms with Crippen molar-refractivity contribution in [1.29, 1.82) is 0 Å². The van der Waals surface area contributed by atoms with Crippen LogP contribution in [-0.2, 0) is 12.8 Å². The Morgan fingerprint density at radius 3 is 2.74 bits per heavy atom. The Hall–Kier alpha value is -1.65. The summed E-state index contributed by atoms with van der Waals surface area (Å²) in [6.45, 7) is 2.80. The van der Waals surface area contributed by atoms with Gasteiger partial charge in [0.2, 0.25) is 0 Å². The molecule has 0 saturated heterocycles. The van der Waals surface area contributed by atoms with E-state index in [1.807, 2.05) is 6.20 Å². The molecule has 3 aromatic rings. The third kappa shape index (κ3) is 2.17. The number of aromatic nitrogens is 2. The molecule has 3 nitrogen and oxygen atoms in total. The summed E-state index contributed by atoms with van der Waals surface area (Å²) in [6.07, 6.45) is 3.81. The van der Waals surface area contributed by atoms with Crippen LogP contribution in [-0.4, -0.2) is 15.9 Å². The molecule has 0 fully saturated rings. The summed E-state index contributed by atoms with van der Waals surface area (Å²) in [5.41, 5.74) is 9.47. The number of thiazole rings is 1. The monoisotopic (exact) mass is 271 g/mol. The maximum absolute atomic E-state index is 5.66. The predicted molar refractivity (Wildman–Crippen MR) is 80.6 cm³/mol. The molecule has 0 unspecified atom stereocenters. The summed E-state index contributed by atoms with van der Waals surface area (Å²) >= 11 is 1.73. The van der Waals surface area contributed by atoms with E-state index in [-0.39, 0.29) is 0 Å². The molecule has 0 radical (unpaired) electrons. The Kier molecular flexibility index (Phi) is 3.36. The van der Waals surface area contributed by atoms with Crippen LogP contribution in [0.5, 0.6) is 0 Å². The molecule has 19 heavy (non-hydrogen) atoms. The van der Waals surface area contributed by atoms with Gasteiger partial charge in [-0.25, -0.2) is 4.98 Å². The van der Waals surface area contributed by atoms with Crippen molar-refractivity contribution in [3.63, 3.8) is 0 Å². The van der Waals surface area contributed by atoms with E-state index in [1.165, 1.54) is 21.7 Å². The fourth-order valence-corrected chi connectivity index (χ4v) is 3.19. The molecule has 0 aliphatic rings. The van der Waals surface area contributed by atoms with Crippen molar-refractivity contribution in [2.75, 3.05) is 6.54 Å². The van der Waals surface area contributed by atoms with Crippen LogP contribution >= 0.6 is 11.3 Å². The van der Waals surface area contributed by atoms with Crippen LogP contribution in [0.2, 0.25) is 0 Å². The third-order valence-electron chi connectivity index (χ3n) is 3.36. The van der Waals surface area contributed by atoms with Crippen LogP contribution in [0.4, 0.5) is 0 Å². The van der Waals surface area contributed by atoms with Gasteiger partial charge in [-0.2, -0.15) is 0 Å². The molecule has 98 valence electrons. The van der Waals surface area contributed by atoms with Gasteiger partial charge in [-0.3, -0.25) is 4.40 Å². The van der Waals surface area contributed by atoms with Gasteiger partial charge in [0.1, 0.15) is 10.7 Å². The predicted octanol–water partition coefficient (Wildman–Crippen LogP) is 3.13. The first-order valence-electron chi connectivity index (χ1n) is 6.56. The van der Waals surface area contributed by atoms with Crippen molar-refractivity contribution in [3.8, 4) is 11.3 Å². The van der Waals surface area contributed by atoms with Crippen molar-refractivity contribution in [2.24, 2.45) is 5.73 Å². The smallest absolute Gasteiger partial charge is 0.120 e. The lowest BCUT2D eigenvalue weighted by molar-refractivity contribution is 0.869. The first-order chi connectivity index (χ1) is 9.33. The molecule has 0 amide bonds. The summed E-state index contributed by atoms with van der Waals surface area (Å²) < 4.78 is 2.22. The Balaban J connectivity index is 2.10. The summed E-state index contributed by atoms with van der Waals surface area (Å²) in [6, 6.07) is 8.76. The second-order valence-corrected chi connectivity index (χ2v) is 5.45. The molecule has 2 N–H and O–H groups in total. The Morgan fingerprint density at radius 1 is 1.26 bits per heavy atom. The molecule has 0 atom stereocenters. The lowest BCUT2D eigenvalue weighted by Gasteiger charge is -2.04. The molecule has 0 bridgehead atoms. The Morgan fingerprint density at radius 2 is 2.05 bits per heavy atom. The number of nitrogens with zero attached hydrogens (tertiary/aromatic N) is 2. The molecular weight excluding hydrogens is 254 g/mol. The minimum atomic E-state index is 0.628. The summed E-state index contributed by atoms with van der Waals surface area (Å²) in [7, 11) is 0. The topological polar surface area (TPSA) is 43.3 Å². The van der Waals surface area contributed by atoms with Gasteiger partial charge in [-0.1, -0.05) is 31.2 Å². The van der Waals surface area contributed by atoms with Gasteiger partial charge in [0.05, 0.1) is 11.9 Å². The molecule has 4 heteroatoms. The number of hydrogen-bond acceptors (Lipinski definition) is 3. The zero-order chi connectivity index (χ0) is 13.2. The van der Waals surface area contributed by atoms with Crippen LogP contribution < -0.4 is 5.73 Å². The van der Waals surface area contributed by atoms with Crippen LogP contribution in [0.3, 0.4) is 0 Å². The van der Waals surface area contributed by atoms with E-state index < -0.39 is 0 Å². The number of benzene rings is 1. The lowest BCUT2D eigenvalue weighted by Crippen LogP contribution is -2.06. The summed E-state index contributed by atoms with van der Waals surface area (Å²) in [5.74, 6) is 1.05. The van der Waals surface area contributed by atoms with Gasteiger partial charge >= 0.3 is 0 Å². The second kappa shape index (κ2) is 5.15. The largest absolute Gasteiger partial charge is 0.330 e. The maximum Gasteiger partial charge on any atom is 0.120 e. The Labute approximate surface area is 116 Å². The number of fused-ring (bicyclic) bond motifs is 1. The average Bonchev–Trinajstić information content (AvgIpc) is 3.02. The normalized spacial score (nSPS) is 11.3. The van der Waals surface area contributed by atoms with Crippen molar-refractivity contribution in [3.05, 3.63) is 47.2 Å². The molecule has 2 aromatic heterocycles. The number of nitrogens with two attached hydrogens (primary N) is 1. The van der Waals surface area contributed by atoms with Crippen molar-refractivity contribution >= 4 is 16.2 Å². The second-order valence-electron chi connectivity index (χ2n) is 4.56. The van der Waals surface area contributed by atoms with Crippen LogP contribution in [0.15, 0.2) is 35.8 Å². The first kappa shape index (κ1) is 12.4. The van der Waals surface area contributed by atoms with Crippen LogP contribution in [0.25, 0.3) is 16.1 Å². The highest BCUT2D eigenvalue weighted by molar-refractivity contribution is 7.15. The van der Waals surface area contributed by atoms with Gasteiger partial charge in [0.25, 0.3) is 0 Å². The molecular formula is C15H17N3S. The fraction of sp³-hybridized carbons (Fsp3) is 0.267. The Bertz CT molecular complexity index is 679. The first-order valence-corrected chi connectivity index (χ1v) is 7.44. The highest BCUT2D eigenvalue weighted by Crippen LogP contribution is 2.28. The number of imidazole rings is 1. The van der Waals surface area contributed by atoms with E-state index in [0.29, 0.717) is 6.54 Å². The fourth-order valence-electron chi connectivity index (χ4n) is 2.30. The number of rotatable bonds is 4. The molecule has 2 heterocycles. The minimum absolute atomic E-state index is 0.628. The highest BCUT2D eigenvalue weighted by Gasteiger charge is 2.11. The third-order valence-corrected chi connectivity index (χ3v) is 4.23. The summed E-state index contributed by atoms with van der Waals surface area (Å²) in [4.78, 5) is 5.64. The summed E-state index contributed by atoms with van der Waals surface area (Å²) in [5, 5.41) is 2.19. The van der Waals surface area contributed by atoms with Gasteiger partial charge < -0.3 is 5.73 Å². The van der Waals surface area contributed by atoms with Crippen molar-refractivity contribution in [2.45, 2.75) is 19.8 Å². The van der Waals surface area contributed by atoms with Crippen LogP contribution in [0.1, 0.15) is 18.3 Å². The standard InChI is InChI=1S/C15H17N3S/c1-2-11-3-5-12(6-4-11)13-10-19-15-9-17-14(7-8-16)18(13)15/h3-6,9-10H,2,7-8,16H2,1H3. The zero-order valence-corrected chi connectivity index (χ0v) is 11.8. The zero-order valence-electron chi connectivity index (χ0n) is 11.0. The molecule has 0 spiro atoms. The average molecular weight is 271 g/mol. The quantitative estimate of drug-likeness (QED) is 0.792. The van der Waals surface area contributed by atoms with Gasteiger partial charge in [0.15, 0.2) is 0 Å². The van der Waals surface area contributed by atoms with Crippen molar-refractivity contribution < 1.29 is 0 Å². The van der Waals surface area contributed by atoms with E-state index in [4.69, 9.17) is 5.73 Å². The van der Waals surface area contributed by atoms with E-state index in [2.05, 4.69) is 46.0 Å². The van der Waals surface area contributed by atoms with Crippen molar-refractivity contribution in [1.82, 2.24) is 9.38 Å². The van der Waals surface area contributed by atoms with E-state index in [9.17, 15) is 0 Å². The van der Waals surface area contributed by atoms with E-state index >= 15 is 0 Å². The van der Waals surface area contributed by atoms with Gasteiger partial charge in [0, 0.05) is 11.8 Å². The van der Waals surface area contributed by atoms with E-state index in [1.54, 1.807) is 11.3 Å². The van der Waals surface area contributed by atoms with Gasteiger partial charge in [-0.15, -0.1) is 11.3 Å². The highest BCUT2D eigenvalue weighted by atomic mass is 32.1. The minimum Gasteiger partial charge on any atom is -0.330 e. The van der Waals surface area contributed by atoms with E-state index in [0.717, 1.165) is 18.7 Å².